The Balaban J connectivity index is 1.48. The van der Waals surface area contributed by atoms with E-state index in [0.29, 0.717) is 13.2 Å². The SMILES string of the molecule is C(=CC1OC(c2ccccc2)CN1OCc1ccccc1)c1ccccc1. The third kappa shape index (κ3) is 4.72. The van der Waals surface area contributed by atoms with E-state index in [2.05, 4.69) is 48.6 Å². The van der Waals surface area contributed by atoms with Gasteiger partial charge in [0.25, 0.3) is 0 Å². The number of rotatable bonds is 6. The molecule has 0 N–H and O–H groups in total. The van der Waals surface area contributed by atoms with Gasteiger partial charge in [-0.05, 0) is 22.8 Å². The van der Waals surface area contributed by atoms with Crippen LogP contribution in [0.1, 0.15) is 22.8 Å². The second kappa shape index (κ2) is 8.78. The number of hydroxylamine groups is 2. The Morgan fingerprint density at radius 3 is 2.19 bits per heavy atom. The van der Waals surface area contributed by atoms with E-state index in [1.54, 1.807) is 0 Å². The van der Waals surface area contributed by atoms with E-state index in [4.69, 9.17) is 9.57 Å². The van der Waals surface area contributed by atoms with E-state index in [1.807, 2.05) is 59.7 Å². The van der Waals surface area contributed by atoms with Gasteiger partial charge in [-0.25, -0.2) is 0 Å². The summed E-state index contributed by atoms with van der Waals surface area (Å²) in [5, 5.41) is 1.93. The fourth-order valence-electron chi connectivity index (χ4n) is 3.15. The molecule has 1 heterocycles. The number of benzene rings is 3. The van der Waals surface area contributed by atoms with Crippen molar-refractivity contribution in [3.63, 3.8) is 0 Å². The van der Waals surface area contributed by atoms with Crippen LogP contribution in [0.25, 0.3) is 6.08 Å². The molecule has 0 saturated carbocycles. The lowest BCUT2D eigenvalue weighted by Gasteiger charge is -2.19. The smallest absolute Gasteiger partial charge is 0.153 e. The highest BCUT2D eigenvalue weighted by Gasteiger charge is 2.33. The van der Waals surface area contributed by atoms with Crippen LogP contribution >= 0.6 is 0 Å². The molecule has 3 heteroatoms. The maximum atomic E-state index is 6.28. The van der Waals surface area contributed by atoms with E-state index in [0.717, 1.165) is 11.1 Å². The van der Waals surface area contributed by atoms with Crippen LogP contribution in [0.5, 0.6) is 0 Å². The highest BCUT2D eigenvalue weighted by atomic mass is 16.7. The minimum absolute atomic E-state index is 0.00704. The maximum absolute atomic E-state index is 6.28. The Labute approximate surface area is 160 Å². The largest absolute Gasteiger partial charge is 0.348 e. The first-order valence-corrected chi connectivity index (χ1v) is 9.25. The molecule has 0 amide bonds. The first-order chi connectivity index (χ1) is 13.4. The normalized spacial score (nSPS) is 20.3. The molecule has 4 rings (SSSR count). The standard InChI is InChI=1S/C24H23NO2/c1-4-10-20(11-5-1)16-17-24-25(26-19-21-12-6-2-7-13-21)18-23(27-24)22-14-8-3-9-15-22/h1-17,23-24H,18-19H2. The molecule has 3 aromatic rings. The Bertz CT molecular complexity index is 849. The van der Waals surface area contributed by atoms with Crippen LogP contribution < -0.4 is 0 Å². The molecule has 0 radical (unpaired) electrons. The molecule has 27 heavy (non-hydrogen) atoms. The van der Waals surface area contributed by atoms with Crippen LogP contribution in [0.3, 0.4) is 0 Å². The summed E-state index contributed by atoms with van der Waals surface area (Å²) in [5.41, 5.74) is 3.46. The van der Waals surface area contributed by atoms with Crippen molar-refractivity contribution in [1.82, 2.24) is 5.06 Å². The zero-order chi connectivity index (χ0) is 18.3. The molecule has 1 aliphatic heterocycles. The summed E-state index contributed by atoms with van der Waals surface area (Å²) in [6.07, 6.45) is 3.91. The molecule has 3 aromatic carbocycles. The van der Waals surface area contributed by atoms with Crippen molar-refractivity contribution in [2.45, 2.75) is 18.9 Å². The van der Waals surface area contributed by atoms with E-state index in [1.165, 1.54) is 5.56 Å². The molecule has 2 unspecified atom stereocenters. The van der Waals surface area contributed by atoms with Gasteiger partial charge >= 0.3 is 0 Å². The van der Waals surface area contributed by atoms with Crippen LogP contribution in [0, 0.1) is 0 Å². The van der Waals surface area contributed by atoms with Crippen molar-refractivity contribution < 1.29 is 9.57 Å². The molecular formula is C24H23NO2. The van der Waals surface area contributed by atoms with E-state index in [9.17, 15) is 0 Å². The van der Waals surface area contributed by atoms with Crippen molar-refractivity contribution in [3.05, 3.63) is 114 Å². The fourth-order valence-corrected chi connectivity index (χ4v) is 3.15. The molecule has 0 aliphatic carbocycles. The highest BCUT2D eigenvalue weighted by Crippen LogP contribution is 2.30. The third-order valence-corrected chi connectivity index (χ3v) is 4.60. The van der Waals surface area contributed by atoms with Crippen molar-refractivity contribution in [3.8, 4) is 0 Å². The van der Waals surface area contributed by atoms with Crippen LogP contribution in [0.15, 0.2) is 97.1 Å². The van der Waals surface area contributed by atoms with Gasteiger partial charge < -0.3 is 4.74 Å². The summed E-state index contributed by atoms with van der Waals surface area (Å²) in [4.78, 5) is 6.10. The van der Waals surface area contributed by atoms with Crippen LogP contribution in [0.4, 0.5) is 0 Å². The first-order valence-electron chi connectivity index (χ1n) is 9.25. The predicted octanol–water partition coefficient (Wildman–Crippen LogP) is 5.23. The minimum atomic E-state index is -0.223. The first kappa shape index (κ1) is 17.7. The maximum Gasteiger partial charge on any atom is 0.153 e. The number of ether oxygens (including phenoxy) is 1. The van der Waals surface area contributed by atoms with Gasteiger partial charge in [0.1, 0.15) is 6.10 Å². The summed E-state index contributed by atoms with van der Waals surface area (Å²) >= 11 is 0. The van der Waals surface area contributed by atoms with E-state index < -0.39 is 0 Å². The van der Waals surface area contributed by atoms with Crippen LogP contribution in [0.2, 0.25) is 0 Å². The predicted molar refractivity (Wildman–Crippen MR) is 107 cm³/mol. The van der Waals surface area contributed by atoms with Gasteiger partial charge in [-0.3, -0.25) is 4.84 Å². The average Bonchev–Trinajstić information content (AvgIpc) is 3.16. The summed E-state index contributed by atoms with van der Waals surface area (Å²) in [6.45, 7) is 1.22. The topological polar surface area (TPSA) is 21.7 Å². The molecular weight excluding hydrogens is 334 g/mol. The van der Waals surface area contributed by atoms with Crippen molar-refractivity contribution >= 4 is 6.08 Å². The Kier molecular flexibility index (Phi) is 5.75. The van der Waals surface area contributed by atoms with Gasteiger partial charge in [0.15, 0.2) is 6.23 Å². The quantitative estimate of drug-likeness (QED) is 0.603. The van der Waals surface area contributed by atoms with Crippen molar-refractivity contribution in [1.29, 1.82) is 0 Å². The molecule has 0 aromatic heterocycles. The van der Waals surface area contributed by atoms with E-state index in [-0.39, 0.29) is 12.3 Å². The molecule has 1 fully saturated rings. The zero-order valence-corrected chi connectivity index (χ0v) is 15.1. The molecule has 2 atom stereocenters. The molecule has 0 spiro atoms. The second-order valence-corrected chi connectivity index (χ2v) is 6.55. The van der Waals surface area contributed by atoms with Gasteiger partial charge in [-0.15, -0.1) is 0 Å². The lowest BCUT2D eigenvalue weighted by molar-refractivity contribution is -0.197. The molecule has 1 aliphatic rings. The van der Waals surface area contributed by atoms with Gasteiger partial charge in [0, 0.05) is 0 Å². The van der Waals surface area contributed by atoms with Crippen molar-refractivity contribution in [2.75, 3.05) is 6.54 Å². The van der Waals surface area contributed by atoms with Crippen LogP contribution in [-0.4, -0.2) is 17.8 Å². The highest BCUT2D eigenvalue weighted by molar-refractivity contribution is 5.49. The van der Waals surface area contributed by atoms with Gasteiger partial charge in [0.2, 0.25) is 0 Å². The molecule has 3 nitrogen and oxygen atoms in total. The Morgan fingerprint density at radius 1 is 0.852 bits per heavy atom. The Morgan fingerprint density at radius 2 is 1.48 bits per heavy atom. The van der Waals surface area contributed by atoms with Gasteiger partial charge in [-0.2, -0.15) is 5.06 Å². The van der Waals surface area contributed by atoms with Crippen LogP contribution in [-0.2, 0) is 16.2 Å². The number of hydrogen-bond donors (Lipinski definition) is 0. The van der Waals surface area contributed by atoms with Crippen molar-refractivity contribution in [2.24, 2.45) is 0 Å². The summed E-state index contributed by atoms with van der Waals surface area (Å²) in [7, 11) is 0. The molecule has 1 saturated heterocycles. The molecule has 0 bridgehead atoms. The average molecular weight is 357 g/mol. The minimum Gasteiger partial charge on any atom is -0.348 e. The summed E-state index contributed by atoms with van der Waals surface area (Å²) in [5.74, 6) is 0. The third-order valence-electron chi connectivity index (χ3n) is 4.60. The Hall–Kier alpha value is -2.72. The lowest BCUT2D eigenvalue weighted by atomic mass is 10.1. The lowest BCUT2D eigenvalue weighted by Crippen LogP contribution is -2.28. The fraction of sp³-hybridized carbons (Fsp3) is 0.167. The summed E-state index contributed by atoms with van der Waals surface area (Å²) < 4.78 is 6.28. The van der Waals surface area contributed by atoms with E-state index >= 15 is 0 Å². The number of nitrogens with zero attached hydrogens (tertiary/aromatic N) is 1. The zero-order valence-electron chi connectivity index (χ0n) is 15.1. The van der Waals surface area contributed by atoms with Gasteiger partial charge in [-0.1, -0.05) is 97.1 Å². The number of hydrogen-bond acceptors (Lipinski definition) is 3. The second-order valence-electron chi connectivity index (χ2n) is 6.55. The van der Waals surface area contributed by atoms with Gasteiger partial charge in [0.05, 0.1) is 13.2 Å². The monoisotopic (exact) mass is 357 g/mol. The summed E-state index contributed by atoms with van der Waals surface area (Å²) in [6, 6.07) is 30.8. The molecule has 136 valence electrons.